The fraction of sp³-hybridized carbons (Fsp3) is 0.438. The Kier molecular flexibility index (Phi) is 10.7. The van der Waals surface area contributed by atoms with E-state index in [4.69, 9.17) is 5.73 Å². The van der Waals surface area contributed by atoms with Crippen molar-refractivity contribution in [2.75, 3.05) is 25.5 Å². The number of nitrogens with two attached hydrogens (primary N) is 1. The van der Waals surface area contributed by atoms with Crippen molar-refractivity contribution in [3.63, 3.8) is 0 Å². The number of anilines is 1. The molecule has 9 heteroatoms. The molecule has 2 aromatic carbocycles. The van der Waals surface area contributed by atoms with Gasteiger partial charge in [0.2, 0.25) is 5.91 Å². The van der Waals surface area contributed by atoms with Crippen LogP contribution in [0.4, 0.5) is 14.5 Å². The summed E-state index contributed by atoms with van der Waals surface area (Å²) in [4.78, 5) is 33.3. The topological polar surface area (TPSA) is 94.5 Å². The number of nitrogens with one attached hydrogen (secondary N) is 2. The van der Waals surface area contributed by atoms with Crippen molar-refractivity contribution in [1.82, 2.24) is 14.8 Å². The van der Waals surface area contributed by atoms with E-state index in [9.17, 15) is 18.4 Å². The third kappa shape index (κ3) is 7.33. The van der Waals surface area contributed by atoms with Gasteiger partial charge in [-0.3, -0.25) is 9.59 Å². The monoisotopic (exact) mass is 567 g/mol. The van der Waals surface area contributed by atoms with E-state index in [1.165, 1.54) is 17.9 Å². The second-order valence-corrected chi connectivity index (χ2v) is 11.2. The maximum Gasteiger partial charge on any atom is 0.270 e. The molecule has 1 saturated heterocycles. The van der Waals surface area contributed by atoms with Gasteiger partial charge < -0.3 is 25.8 Å². The van der Waals surface area contributed by atoms with Gasteiger partial charge in [-0.15, -0.1) is 0 Å². The Morgan fingerprint density at radius 3 is 2.46 bits per heavy atom. The number of aromatic amines is 1. The van der Waals surface area contributed by atoms with Gasteiger partial charge in [0, 0.05) is 42.3 Å². The molecule has 7 nitrogen and oxygen atoms in total. The molecule has 1 aliphatic heterocycles. The molecule has 3 aromatic rings. The molecule has 1 aromatic heterocycles. The Morgan fingerprint density at radius 2 is 1.85 bits per heavy atom. The summed E-state index contributed by atoms with van der Waals surface area (Å²) < 4.78 is 29.1. The number of H-pyrrole nitrogens is 1. The lowest BCUT2D eigenvalue weighted by molar-refractivity contribution is -0.137. The molecule has 3 atom stereocenters. The van der Waals surface area contributed by atoms with Crippen molar-refractivity contribution in [3.8, 4) is 0 Å². The molecule has 4 N–H and O–H groups in total. The summed E-state index contributed by atoms with van der Waals surface area (Å²) in [6.45, 7) is 14.8. The number of rotatable bonds is 8. The minimum Gasteiger partial charge on any atom is -0.359 e. The van der Waals surface area contributed by atoms with Crippen molar-refractivity contribution >= 4 is 28.4 Å². The maximum absolute atomic E-state index is 14.6. The second kappa shape index (κ2) is 13.8. The second-order valence-electron chi connectivity index (χ2n) is 11.2. The van der Waals surface area contributed by atoms with Crippen molar-refractivity contribution in [2.45, 2.75) is 59.5 Å². The molecule has 3 unspecified atom stereocenters. The predicted molar refractivity (Wildman–Crippen MR) is 162 cm³/mol. The maximum atomic E-state index is 14.6. The number of hydrogen-bond acceptors (Lipinski definition) is 4. The highest BCUT2D eigenvalue weighted by atomic mass is 19.1. The van der Waals surface area contributed by atoms with Crippen LogP contribution in [0.15, 0.2) is 54.7 Å². The lowest BCUT2D eigenvalue weighted by Gasteiger charge is -2.33. The smallest absolute Gasteiger partial charge is 0.270 e. The summed E-state index contributed by atoms with van der Waals surface area (Å²) in [7, 11) is 1.57. The van der Waals surface area contributed by atoms with Gasteiger partial charge in [0.1, 0.15) is 23.4 Å². The van der Waals surface area contributed by atoms with Gasteiger partial charge >= 0.3 is 0 Å². The van der Waals surface area contributed by atoms with Crippen LogP contribution in [0.5, 0.6) is 0 Å². The minimum absolute atomic E-state index is 0.0111. The number of likely N-dealkylation sites (N-methyl/N-ethyl adjacent to an activating group) is 1. The van der Waals surface area contributed by atoms with Crippen molar-refractivity contribution in [2.24, 2.45) is 17.6 Å². The van der Waals surface area contributed by atoms with Crippen LogP contribution in [-0.2, 0) is 4.79 Å². The highest BCUT2D eigenvalue weighted by Crippen LogP contribution is 2.31. The Balaban J connectivity index is 0.00000147. The zero-order valence-electron chi connectivity index (χ0n) is 24.9. The molecule has 0 aliphatic carbocycles. The van der Waals surface area contributed by atoms with E-state index in [0.29, 0.717) is 13.0 Å². The van der Waals surface area contributed by atoms with E-state index < -0.39 is 23.6 Å². The SMILES string of the molecule is C=C(Nc1ccccc1)C1CC(C)N(C(=O)C(CC(C)C)N(C)C(=O)c2cc3c(F)cc(C)c(F)c3[nH]2)C1.CCN. The number of aromatic nitrogens is 1. The van der Waals surface area contributed by atoms with E-state index in [1.807, 2.05) is 62.9 Å². The first-order chi connectivity index (χ1) is 19.4. The van der Waals surface area contributed by atoms with Gasteiger partial charge in [-0.25, -0.2) is 8.78 Å². The van der Waals surface area contributed by atoms with E-state index in [0.717, 1.165) is 30.4 Å². The third-order valence-corrected chi connectivity index (χ3v) is 7.41. The van der Waals surface area contributed by atoms with Crippen molar-refractivity contribution in [3.05, 3.63) is 77.6 Å². The summed E-state index contributed by atoms with van der Waals surface area (Å²) in [5.41, 5.74) is 6.78. The number of amides is 2. The zero-order chi connectivity index (χ0) is 30.4. The number of benzene rings is 2. The lowest BCUT2D eigenvalue weighted by Crippen LogP contribution is -2.51. The van der Waals surface area contributed by atoms with Gasteiger partial charge in [-0.05, 0) is 69.0 Å². The first-order valence-corrected chi connectivity index (χ1v) is 14.1. The number of nitrogens with zero attached hydrogens (tertiary/aromatic N) is 2. The number of carbonyl (C=O) groups excluding carboxylic acids is 2. The lowest BCUT2D eigenvalue weighted by atomic mass is 10.0. The Hall–Kier alpha value is -3.72. The molecule has 0 bridgehead atoms. The summed E-state index contributed by atoms with van der Waals surface area (Å²) in [5.74, 6) is -1.62. The number of likely N-dealkylation sites (tertiary alicyclic amines) is 1. The third-order valence-electron chi connectivity index (χ3n) is 7.41. The largest absolute Gasteiger partial charge is 0.359 e. The van der Waals surface area contributed by atoms with Gasteiger partial charge in [-0.2, -0.15) is 0 Å². The van der Waals surface area contributed by atoms with Crippen LogP contribution >= 0.6 is 0 Å². The van der Waals surface area contributed by atoms with Crippen LogP contribution in [0, 0.1) is 30.4 Å². The molecule has 0 spiro atoms. The minimum atomic E-state index is -0.720. The number of para-hydroxylation sites is 1. The number of carbonyl (C=O) groups is 2. The first kappa shape index (κ1) is 31.8. The van der Waals surface area contributed by atoms with Crippen LogP contribution in [0.25, 0.3) is 10.9 Å². The molecular formula is C32H43F2N5O2. The summed E-state index contributed by atoms with van der Waals surface area (Å²) >= 11 is 0. The number of fused-ring (bicyclic) bond motifs is 1. The van der Waals surface area contributed by atoms with Crippen LogP contribution in [0.2, 0.25) is 0 Å². The van der Waals surface area contributed by atoms with Crippen LogP contribution in [-0.4, -0.2) is 58.8 Å². The first-order valence-electron chi connectivity index (χ1n) is 14.1. The van der Waals surface area contributed by atoms with E-state index in [-0.39, 0.29) is 45.9 Å². The summed E-state index contributed by atoms with van der Waals surface area (Å²) in [5, 5.41) is 3.36. The molecule has 4 rings (SSSR count). The fourth-order valence-electron chi connectivity index (χ4n) is 5.25. The molecule has 1 aliphatic rings. The molecule has 41 heavy (non-hydrogen) atoms. The molecule has 222 valence electrons. The van der Waals surface area contributed by atoms with Crippen LogP contribution < -0.4 is 11.1 Å². The molecule has 1 fully saturated rings. The van der Waals surface area contributed by atoms with Crippen LogP contribution in [0.1, 0.15) is 56.6 Å². The Labute approximate surface area is 241 Å². The average Bonchev–Trinajstić information content (AvgIpc) is 3.55. The predicted octanol–water partition coefficient (Wildman–Crippen LogP) is 6.07. The van der Waals surface area contributed by atoms with Gasteiger partial charge in [0.15, 0.2) is 0 Å². The van der Waals surface area contributed by atoms with Gasteiger partial charge in [-0.1, -0.05) is 45.5 Å². The highest BCUT2D eigenvalue weighted by Gasteiger charge is 2.39. The Morgan fingerprint density at radius 1 is 1.22 bits per heavy atom. The quantitative estimate of drug-likeness (QED) is 0.308. The van der Waals surface area contributed by atoms with Crippen molar-refractivity contribution < 1.29 is 18.4 Å². The standard InChI is InChI=1S/C30H36F2N4O2.C2H7N/c1-17(2)12-26(35(6)29(37)25-15-23-24(31)13-18(3)27(32)28(23)34-25)30(38)36-16-21(14-19(36)4)20(5)33-22-10-8-7-9-11-22;1-2-3/h7-11,13,15,17,19,21,26,33-34H,5,12,14,16H2,1-4,6H3;2-3H2,1H3. The number of hydrogen-bond donors (Lipinski definition) is 3. The average molecular weight is 568 g/mol. The van der Waals surface area contributed by atoms with E-state index in [1.54, 1.807) is 7.05 Å². The van der Waals surface area contributed by atoms with E-state index >= 15 is 0 Å². The summed E-state index contributed by atoms with van der Waals surface area (Å²) in [6, 6.07) is 11.5. The van der Waals surface area contributed by atoms with E-state index in [2.05, 4.69) is 16.9 Å². The van der Waals surface area contributed by atoms with Crippen molar-refractivity contribution in [1.29, 1.82) is 0 Å². The molecule has 0 radical (unpaired) electrons. The highest BCUT2D eigenvalue weighted by molar-refractivity contribution is 6.00. The Bertz CT molecular complexity index is 1370. The zero-order valence-corrected chi connectivity index (χ0v) is 24.9. The molecular weight excluding hydrogens is 524 g/mol. The molecule has 2 amide bonds. The van der Waals surface area contributed by atoms with Gasteiger partial charge in [0.05, 0.1) is 5.52 Å². The molecule has 0 saturated carbocycles. The number of aryl methyl sites for hydroxylation is 1. The summed E-state index contributed by atoms with van der Waals surface area (Å²) in [6.07, 6.45) is 1.22. The van der Waals surface area contributed by atoms with Gasteiger partial charge in [0.25, 0.3) is 5.91 Å². The molecule has 2 heterocycles. The normalized spacial score (nSPS) is 17.3. The number of halogens is 2. The van der Waals surface area contributed by atoms with Crippen LogP contribution in [0.3, 0.4) is 0 Å². The fourth-order valence-corrected chi connectivity index (χ4v) is 5.25.